The molecule has 1 fully saturated rings. The topological polar surface area (TPSA) is 48.1 Å². The maximum Gasteiger partial charge on any atom is 0.248 e. The first-order valence-electron chi connectivity index (χ1n) is 5.96. The largest absolute Gasteiger partial charge is 0.325 e. The van der Waals surface area contributed by atoms with Gasteiger partial charge in [0.2, 0.25) is 5.56 Å². The summed E-state index contributed by atoms with van der Waals surface area (Å²) in [6.45, 7) is 5.31. The van der Waals surface area contributed by atoms with Gasteiger partial charge in [-0.1, -0.05) is 6.07 Å². The summed E-state index contributed by atoms with van der Waals surface area (Å²) < 4.78 is 0. The van der Waals surface area contributed by atoms with Gasteiger partial charge in [-0.3, -0.25) is 4.79 Å². The maximum absolute atomic E-state index is 11.0. The SMILES string of the molecule is O=c1cccc(CNCCN2CCCC2)[nH]1. The van der Waals surface area contributed by atoms with Crippen LogP contribution >= 0.6 is 0 Å². The van der Waals surface area contributed by atoms with E-state index in [9.17, 15) is 4.79 Å². The molecule has 4 nitrogen and oxygen atoms in total. The van der Waals surface area contributed by atoms with E-state index in [0.29, 0.717) is 0 Å². The van der Waals surface area contributed by atoms with Crippen molar-refractivity contribution in [2.24, 2.45) is 0 Å². The zero-order valence-corrected chi connectivity index (χ0v) is 9.54. The van der Waals surface area contributed by atoms with Crippen LogP contribution in [0.15, 0.2) is 23.0 Å². The zero-order valence-electron chi connectivity index (χ0n) is 9.54. The maximum atomic E-state index is 11.0. The Balaban J connectivity index is 1.66. The lowest BCUT2D eigenvalue weighted by atomic mass is 10.3. The molecule has 0 aromatic carbocycles. The minimum Gasteiger partial charge on any atom is -0.325 e. The molecular formula is C12H19N3O. The van der Waals surface area contributed by atoms with Crippen molar-refractivity contribution in [1.29, 1.82) is 0 Å². The van der Waals surface area contributed by atoms with Gasteiger partial charge < -0.3 is 15.2 Å². The van der Waals surface area contributed by atoms with Crippen LogP contribution in [0.25, 0.3) is 0 Å². The van der Waals surface area contributed by atoms with Gasteiger partial charge in [-0.2, -0.15) is 0 Å². The van der Waals surface area contributed by atoms with Gasteiger partial charge in [0.05, 0.1) is 0 Å². The molecule has 0 radical (unpaired) electrons. The Morgan fingerprint density at radius 2 is 2.12 bits per heavy atom. The third kappa shape index (κ3) is 3.47. The van der Waals surface area contributed by atoms with Gasteiger partial charge in [0.15, 0.2) is 0 Å². The molecule has 0 spiro atoms. The lowest BCUT2D eigenvalue weighted by Crippen LogP contribution is -2.30. The predicted octanol–water partition coefficient (Wildman–Crippen LogP) is 0.560. The first-order valence-corrected chi connectivity index (χ1v) is 5.96. The Hall–Kier alpha value is -1.13. The van der Waals surface area contributed by atoms with E-state index >= 15 is 0 Å². The van der Waals surface area contributed by atoms with E-state index in [0.717, 1.165) is 25.3 Å². The van der Waals surface area contributed by atoms with Crippen LogP contribution in [0.3, 0.4) is 0 Å². The van der Waals surface area contributed by atoms with E-state index in [-0.39, 0.29) is 5.56 Å². The Bertz CT molecular complexity index is 369. The Morgan fingerprint density at radius 3 is 2.88 bits per heavy atom. The van der Waals surface area contributed by atoms with Crippen molar-refractivity contribution < 1.29 is 0 Å². The van der Waals surface area contributed by atoms with Gasteiger partial charge >= 0.3 is 0 Å². The molecule has 0 amide bonds. The lowest BCUT2D eigenvalue weighted by molar-refractivity contribution is 0.335. The molecule has 0 saturated carbocycles. The molecule has 4 heteroatoms. The lowest BCUT2D eigenvalue weighted by Gasteiger charge is -2.14. The quantitative estimate of drug-likeness (QED) is 0.714. The molecule has 0 unspecified atom stereocenters. The molecule has 0 bridgehead atoms. The third-order valence-corrected chi connectivity index (χ3v) is 2.95. The fourth-order valence-corrected chi connectivity index (χ4v) is 2.06. The summed E-state index contributed by atoms with van der Waals surface area (Å²) in [6.07, 6.45) is 2.68. The molecule has 88 valence electrons. The van der Waals surface area contributed by atoms with Gasteiger partial charge in [0.1, 0.15) is 0 Å². The number of rotatable bonds is 5. The van der Waals surface area contributed by atoms with E-state index in [1.54, 1.807) is 6.07 Å². The van der Waals surface area contributed by atoms with Gasteiger partial charge in [0.25, 0.3) is 0 Å². The molecule has 2 rings (SSSR count). The summed E-state index contributed by atoms with van der Waals surface area (Å²) >= 11 is 0. The Labute approximate surface area is 95.7 Å². The summed E-state index contributed by atoms with van der Waals surface area (Å²) in [5.41, 5.74) is 0.924. The Kier molecular flexibility index (Phi) is 4.13. The highest BCUT2D eigenvalue weighted by Crippen LogP contribution is 2.05. The molecule has 1 aliphatic heterocycles. The highest BCUT2D eigenvalue weighted by atomic mass is 16.1. The van der Waals surface area contributed by atoms with Crippen molar-refractivity contribution >= 4 is 0 Å². The monoisotopic (exact) mass is 221 g/mol. The second kappa shape index (κ2) is 5.82. The first-order chi connectivity index (χ1) is 7.84. The highest BCUT2D eigenvalue weighted by molar-refractivity contribution is 5.03. The number of hydrogen-bond donors (Lipinski definition) is 2. The second-order valence-electron chi connectivity index (χ2n) is 4.27. The summed E-state index contributed by atoms with van der Waals surface area (Å²) in [4.78, 5) is 16.3. The molecule has 1 aliphatic rings. The fourth-order valence-electron chi connectivity index (χ4n) is 2.06. The van der Waals surface area contributed by atoms with Crippen molar-refractivity contribution in [2.75, 3.05) is 26.2 Å². The van der Waals surface area contributed by atoms with E-state index in [1.807, 2.05) is 6.07 Å². The third-order valence-electron chi connectivity index (χ3n) is 2.95. The normalized spacial score (nSPS) is 16.8. The molecule has 2 N–H and O–H groups in total. The second-order valence-corrected chi connectivity index (χ2v) is 4.27. The first kappa shape index (κ1) is 11.4. The average Bonchev–Trinajstić information content (AvgIpc) is 2.77. The van der Waals surface area contributed by atoms with E-state index in [4.69, 9.17) is 0 Å². The number of aromatic amines is 1. The summed E-state index contributed by atoms with van der Waals surface area (Å²) in [5.74, 6) is 0. The van der Waals surface area contributed by atoms with Gasteiger partial charge in [-0.15, -0.1) is 0 Å². The smallest absolute Gasteiger partial charge is 0.248 e. The van der Waals surface area contributed by atoms with Crippen molar-refractivity contribution in [3.63, 3.8) is 0 Å². The van der Waals surface area contributed by atoms with Crippen LogP contribution in [0.1, 0.15) is 18.5 Å². The van der Waals surface area contributed by atoms with Gasteiger partial charge in [-0.05, 0) is 32.0 Å². The van der Waals surface area contributed by atoms with E-state index < -0.39 is 0 Å². The van der Waals surface area contributed by atoms with Crippen molar-refractivity contribution in [1.82, 2.24) is 15.2 Å². The van der Waals surface area contributed by atoms with Crippen molar-refractivity contribution in [3.05, 3.63) is 34.2 Å². The number of aromatic nitrogens is 1. The van der Waals surface area contributed by atoms with Gasteiger partial charge in [-0.25, -0.2) is 0 Å². The standard InChI is InChI=1S/C12H19N3O/c16-12-5-3-4-11(14-12)10-13-6-9-15-7-1-2-8-15/h3-5,13H,1-2,6-10H2,(H,14,16). The molecule has 1 aromatic heterocycles. The Morgan fingerprint density at radius 1 is 1.31 bits per heavy atom. The van der Waals surface area contributed by atoms with E-state index in [2.05, 4.69) is 15.2 Å². The summed E-state index contributed by atoms with van der Waals surface area (Å²) in [7, 11) is 0. The average molecular weight is 221 g/mol. The number of hydrogen-bond acceptors (Lipinski definition) is 3. The van der Waals surface area contributed by atoms with E-state index in [1.165, 1.54) is 32.0 Å². The van der Waals surface area contributed by atoms with Crippen molar-refractivity contribution in [2.45, 2.75) is 19.4 Å². The molecule has 16 heavy (non-hydrogen) atoms. The van der Waals surface area contributed by atoms with Gasteiger partial charge in [0, 0.05) is 31.4 Å². The molecule has 1 aromatic rings. The van der Waals surface area contributed by atoms with Crippen LogP contribution in [0.2, 0.25) is 0 Å². The van der Waals surface area contributed by atoms with Crippen LogP contribution in [-0.4, -0.2) is 36.1 Å². The minimum absolute atomic E-state index is 0.0288. The minimum atomic E-state index is -0.0288. The van der Waals surface area contributed by atoms with Crippen LogP contribution in [0.5, 0.6) is 0 Å². The summed E-state index contributed by atoms with van der Waals surface area (Å²) in [5, 5.41) is 3.34. The molecule has 2 heterocycles. The number of nitrogens with one attached hydrogen (secondary N) is 2. The van der Waals surface area contributed by atoms with Crippen molar-refractivity contribution in [3.8, 4) is 0 Å². The number of likely N-dealkylation sites (tertiary alicyclic amines) is 1. The molecule has 0 atom stereocenters. The molecular weight excluding hydrogens is 202 g/mol. The van der Waals surface area contributed by atoms with Crippen LogP contribution in [0, 0.1) is 0 Å². The number of H-pyrrole nitrogens is 1. The number of nitrogens with zero attached hydrogens (tertiary/aromatic N) is 1. The van der Waals surface area contributed by atoms with Crippen LogP contribution < -0.4 is 10.9 Å². The van der Waals surface area contributed by atoms with Crippen LogP contribution in [-0.2, 0) is 6.54 Å². The predicted molar refractivity (Wildman–Crippen MR) is 64.4 cm³/mol. The van der Waals surface area contributed by atoms with Crippen LogP contribution in [0.4, 0.5) is 0 Å². The molecule has 1 saturated heterocycles. The fraction of sp³-hybridized carbons (Fsp3) is 0.583. The number of pyridine rings is 1. The summed E-state index contributed by atoms with van der Waals surface area (Å²) in [6, 6.07) is 5.26. The molecule has 0 aliphatic carbocycles. The zero-order chi connectivity index (χ0) is 11.2. The highest BCUT2D eigenvalue weighted by Gasteiger charge is 2.09.